The predicted molar refractivity (Wildman–Crippen MR) is 224 cm³/mol. The van der Waals surface area contributed by atoms with Crippen LogP contribution in [-0.2, 0) is 28.6 Å². The highest BCUT2D eigenvalue weighted by molar-refractivity contribution is 5.71. The van der Waals surface area contributed by atoms with Crippen LogP contribution in [0.5, 0.6) is 0 Å². The van der Waals surface area contributed by atoms with Crippen LogP contribution in [0.3, 0.4) is 0 Å². The number of esters is 3. The van der Waals surface area contributed by atoms with Gasteiger partial charge in [-0.05, 0) is 25.2 Å². The van der Waals surface area contributed by atoms with Gasteiger partial charge in [-0.3, -0.25) is 14.4 Å². The zero-order valence-corrected chi connectivity index (χ0v) is 36.0. The topological polar surface area (TPSA) is 78.9 Å². The van der Waals surface area contributed by atoms with Gasteiger partial charge >= 0.3 is 17.9 Å². The van der Waals surface area contributed by atoms with E-state index in [0.29, 0.717) is 19.3 Å². The average molecular weight is 751 g/mol. The van der Waals surface area contributed by atoms with E-state index in [0.717, 1.165) is 63.7 Å². The van der Waals surface area contributed by atoms with E-state index in [2.05, 4.69) is 27.7 Å². The maximum Gasteiger partial charge on any atom is 0.306 e. The largest absolute Gasteiger partial charge is 0.462 e. The standard InChI is InChI=1S/C47H90O6/c1-5-7-9-11-13-15-16-17-18-19-20-22-27-31-35-39-46(49)52-42-44(41-51-45(48)38-34-30-26-21-14-12-10-8-6-2)53-47(50)40-36-32-28-24-23-25-29-33-37-43(3)4/h43-44H,5-42H2,1-4H3/t44-/m0/s1. The second-order valence-corrected chi connectivity index (χ2v) is 16.5. The fourth-order valence-electron chi connectivity index (χ4n) is 6.98. The highest BCUT2D eigenvalue weighted by Crippen LogP contribution is 2.16. The fourth-order valence-corrected chi connectivity index (χ4v) is 6.98. The molecule has 0 aromatic carbocycles. The van der Waals surface area contributed by atoms with Gasteiger partial charge in [-0.1, -0.05) is 220 Å². The maximum atomic E-state index is 12.7. The number of carbonyl (C=O) groups excluding carboxylic acids is 3. The molecule has 53 heavy (non-hydrogen) atoms. The lowest BCUT2D eigenvalue weighted by atomic mass is 10.0. The third-order valence-electron chi connectivity index (χ3n) is 10.5. The molecule has 0 radical (unpaired) electrons. The van der Waals surface area contributed by atoms with Crippen molar-refractivity contribution in [1.82, 2.24) is 0 Å². The number of rotatable bonds is 42. The molecular formula is C47H90O6. The Labute approximate surface area is 329 Å². The second kappa shape index (κ2) is 41.6. The summed E-state index contributed by atoms with van der Waals surface area (Å²) in [5.74, 6) is -0.0629. The first-order valence-corrected chi connectivity index (χ1v) is 23.4. The SMILES string of the molecule is CCCCCCCCCCCCCCCCCC(=O)OC[C@H](COC(=O)CCCCCCCCCCC)OC(=O)CCCCCCCCCCC(C)C. The molecular weight excluding hydrogens is 661 g/mol. The Hall–Kier alpha value is -1.59. The van der Waals surface area contributed by atoms with Crippen LogP contribution in [0.2, 0.25) is 0 Å². The normalized spacial score (nSPS) is 11.9. The van der Waals surface area contributed by atoms with E-state index >= 15 is 0 Å². The van der Waals surface area contributed by atoms with Gasteiger partial charge in [0.25, 0.3) is 0 Å². The van der Waals surface area contributed by atoms with E-state index in [1.54, 1.807) is 0 Å². The predicted octanol–water partition coefficient (Wildman–Crippen LogP) is 14.7. The number of ether oxygens (including phenoxy) is 3. The summed E-state index contributed by atoms with van der Waals surface area (Å²) in [4.78, 5) is 37.7. The molecule has 0 aliphatic carbocycles. The molecule has 314 valence electrons. The van der Waals surface area contributed by atoms with Crippen LogP contribution < -0.4 is 0 Å². The number of unbranched alkanes of at least 4 members (excludes halogenated alkanes) is 29. The summed E-state index contributed by atoms with van der Waals surface area (Å²) in [5.41, 5.74) is 0. The molecule has 0 bridgehead atoms. The molecule has 6 nitrogen and oxygen atoms in total. The Morgan fingerprint density at radius 3 is 0.925 bits per heavy atom. The Balaban J connectivity index is 4.28. The van der Waals surface area contributed by atoms with Gasteiger partial charge < -0.3 is 14.2 Å². The van der Waals surface area contributed by atoms with Crippen LogP contribution in [0.4, 0.5) is 0 Å². The molecule has 0 rings (SSSR count). The van der Waals surface area contributed by atoms with Gasteiger partial charge in [0, 0.05) is 19.3 Å². The molecule has 0 unspecified atom stereocenters. The minimum Gasteiger partial charge on any atom is -0.462 e. The Bertz CT molecular complexity index is 796. The molecule has 0 N–H and O–H groups in total. The molecule has 6 heteroatoms. The number of hydrogen-bond donors (Lipinski definition) is 0. The molecule has 0 amide bonds. The van der Waals surface area contributed by atoms with E-state index < -0.39 is 6.10 Å². The van der Waals surface area contributed by atoms with Crippen molar-refractivity contribution in [3.8, 4) is 0 Å². The highest BCUT2D eigenvalue weighted by atomic mass is 16.6. The first-order valence-electron chi connectivity index (χ1n) is 23.4. The van der Waals surface area contributed by atoms with Crippen molar-refractivity contribution in [3.63, 3.8) is 0 Å². The van der Waals surface area contributed by atoms with E-state index in [1.165, 1.54) is 154 Å². The molecule has 0 aliphatic rings. The lowest BCUT2D eigenvalue weighted by molar-refractivity contribution is -0.167. The van der Waals surface area contributed by atoms with Gasteiger partial charge in [0.1, 0.15) is 13.2 Å². The Morgan fingerprint density at radius 1 is 0.358 bits per heavy atom. The van der Waals surface area contributed by atoms with Crippen LogP contribution in [0.15, 0.2) is 0 Å². The maximum absolute atomic E-state index is 12.7. The molecule has 0 saturated heterocycles. The summed E-state index contributed by atoms with van der Waals surface area (Å²) in [6.07, 6.45) is 40.9. The van der Waals surface area contributed by atoms with Crippen molar-refractivity contribution in [2.45, 2.75) is 265 Å². The minimum atomic E-state index is -0.759. The zero-order valence-electron chi connectivity index (χ0n) is 36.0. The quantitative estimate of drug-likeness (QED) is 0.0351. The van der Waals surface area contributed by atoms with Crippen LogP contribution >= 0.6 is 0 Å². The van der Waals surface area contributed by atoms with E-state index in [1.807, 2.05) is 0 Å². The van der Waals surface area contributed by atoms with Gasteiger partial charge in [-0.25, -0.2) is 0 Å². The minimum absolute atomic E-state index is 0.0641. The van der Waals surface area contributed by atoms with E-state index in [-0.39, 0.29) is 31.1 Å². The van der Waals surface area contributed by atoms with Crippen molar-refractivity contribution < 1.29 is 28.6 Å². The lowest BCUT2D eigenvalue weighted by Crippen LogP contribution is -2.30. The summed E-state index contributed by atoms with van der Waals surface area (Å²) in [7, 11) is 0. The van der Waals surface area contributed by atoms with Crippen molar-refractivity contribution >= 4 is 17.9 Å². The van der Waals surface area contributed by atoms with Gasteiger partial charge in [0.05, 0.1) is 0 Å². The number of hydrogen-bond acceptors (Lipinski definition) is 6. The third-order valence-corrected chi connectivity index (χ3v) is 10.5. The molecule has 0 saturated carbocycles. The number of carbonyl (C=O) groups is 3. The molecule has 1 atom stereocenters. The van der Waals surface area contributed by atoms with Crippen molar-refractivity contribution in [1.29, 1.82) is 0 Å². The monoisotopic (exact) mass is 751 g/mol. The van der Waals surface area contributed by atoms with E-state index in [4.69, 9.17) is 14.2 Å². The van der Waals surface area contributed by atoms with Crippen molar-refractivity contribution in [2.75, 3.05) is 13.2 Å². The highest BCUT2D eigenvalue weighted by Gasteiger charge is 2.19. The van der Waals surface area contributed by atoms with Gasteiger partial charge in [0.15, 0.2) is 6.10 Å². The molecule has 0 heterocycles. The summed E-state index contributed by atoms with van der Waals surface area (Å²) in [6.45, 7) is 8.95. The van der Waals surface area contributed by atoms with Crippen LogP contribution in [-0.4, -0.2) is 37.2 Å². The summed E-state index contributed by atoms with van der Waals surface area (Å²) in [6, 6.07) is 0. The van der Waals surface area contributed by atoms with Crippen LogP contribution in [0.1, 0.15) is 259 Å². The van der Waals surface area contributed by atoms with Gasteiger partial charge in [-0.15, -0.1) is 0 Å². The van der Waals surface area contributed by atoms with Crippen LogP contribution in [0, 0.1) is 5.92 Å². The molecule has 0 fully saturated rings. The summed E-state index contributed by atoms with van der Waals surface area (Å²) >= 11 is 0. The second-order valence-electron chi connectivity index (χ2n) is 16.5. The smallest absolute Gasteiger partial charge is 0.306 e. The Morgan fingerprint density at radius 2 is 0.623 bits per heavy atom. The van der Waals surface area contributed by atoms with Crippen molar-refractivity contribution in [3.05, 3.63) is 0 Å². The molecule has 0 aromatic rings. The first kappa shape index (κ1) is 51.4. The Kier molecular flexibility index (Phi) is 40.3. The molecule has 0 spiro atoms. The third kappa shape index (κ3) is 41.4. The van der Waals surface area contributed by atoms with Crippen molar-refractivity contribution in [2.24, 2.45) is 5.92 Å². The summed E-state index contributed by atoms with van der Waals surface area (Å²) in [5, 5.41) is 0. The zero-order chi connectivity index (χ0) is 38.9. The molecule has 0 aromatic heterocycles. The fraction of sp³-hybridized carbons (Fsp3) is 0.936. The molecule has 0 aliphatic heterocycles. The van der Waals surface area contributed by atoms with Gasteiger partial charge in [0.2, 0.25) is 0 Å². The average Bonchev–Trinajstić information content (AvgIpc) is 3.14. The first-order chi connectivity index (χ1) is 25.9. The van der Waals surface area contributed by atoms with Crippen LogP contribution in [0.25, 0.3) is 0 Å². The summed E-state index contributed by atoms with van der Waals surface area (Å²) < 4.78 is 16.7. The van der Waals surface area contributed by atoms with E-state index in [9.17, 15) is 14.4 Å². The lowest BCUT2D eigenvalue weighted by Gasteiger charge is -2.18. The van der Waals surface area contributed by atoms with Gasteiger partial charge in [-0.2, -0.15) is 0 Å².